The van der Waals surface area contributed by atoms with Crippen molar-refractivity contribution in [3.8, 4) is 40.6 Å². The van der Waals surface area contributed by atoms with Crippen molar-refractivity contribution >= 4 is 5.97 Å². The molecule has 9 nitrogen and oxygen atoms in total. The number of esters is 1. The normalized spacial score (nSPS) is 14.1. The fourth-order valence-corrected chi connectivity index (χ4v) is 4.29. The van der Waals surface area contributed by atoms with Crippen LogP contribution in [0.2, 0.25) is 0 Å². The van der Waals surface area contributed by atoms with Crippen molar-refractivity contribution in [3.63, 3.8) is 0 Å². The summed E-state index contributed by atoms with van der Waals surface area (Å²) in [7, 11) is 4.54. The zero-order valence-corrected chi connectivity index (χ0v) is 21.8. The predicted octanol–water partition coefficient (Wildman–Crippen LogP) is 4.53. The van der Waals surface area contributed by atoms with Crippen molar-refractivity contribution < 1.29 is 33.2 Å². The molecular formula is C29H28N2O7. The lowest BCUT2D eigenvalue weighted by atomic mass is 9.83. The largest absolute Gasteiger partial charge is 0.493 e. The minimum absolute atomic E-state index is 0.0551. The summed E-state index contributed by atoms with van der Waals surface area (Å²) in [6.07, 6.45) is 0. The number of hydrogen-bond acceptors (Lipinski definition) is 9. The third kappa shape index (κ3) is 5.02. The molecule has 0 saturated heterocycles. The summed E-state index contributed by atoms with van der Waals surface area (Å²) in [5.74, 6) is 1.27. The monoisotopic (exact) mass is 516 g/mol. The Hall–Kier alpha value is -4.84. The van der Waals surface area contributed by atoms with Crippen LogP contribution >= 0.6 is 0 Å². The second-order valence-corrected chi connectivity index (χ2v) is 8.54. The molecule has 38 heavy (non-hydrogen) atoms. The average molecular weight is 517 g/mol. The maximum absolute atomic E-state index is 12.5. The van der Waals surface area contributed by atoms with Crippen molar-refractivity contribution in [1.29, 1.82) is 5.26 Å². The predicted molar refractivity (Wildman–Crippen MR) is 139 cm³/mol. The summed E-state index contributed by atoms with van der Waals surface area (Å²) in [4.78, 5) is 12.5. The van der Waals surface area contributed by atoms with Gasteiger partial charge in [-0.2, -0.15) is 5.26 Å². The van der Waals surface area contributed by atoms with Crippen molar-refractivity contribution in [3.05, 3.63) is 82.2 Å². The summed E-state index contributed by atoms with van der Waals surface area (Å²) < 4.78 is 33.3. The fourth-order valence-electron chi connectivity index (χ4n) is 4.29. The molecule has 9 heteroatoms. The van der Waals surface area contributed by atoms with Crippen LogP contribution in [-0.2, 0) is 4.79 Å². The molecule has 1 heterocycles. The van der Waals surface area contributed by atoms with Gasteiger partial charge in [-0.1, -0.05) is 18.2 Å². The van der Waals surface area contributed by atoms with Crippen LogP contribution in [0.4, 0.5) is 0 Å². The highest BCUT2D eigenvalue weighted by Crippen LogP contribution is 2.47. The minimum Gasteiger partial charge on any atom is -0.493 e. The molecule has 0 radical (unpaired) electrons. The summed E-state index contributed by atoms with van der Waals surface area (Å²) >= 11 is 0. The Balaban J connectivity index is 1.63. The second-order valence-electron chi connectivity index (χ2n) is 8.54. The van der Waals surface area contributed by atoms with E-state index in [0.29, 0.717) is 39.9 Å². The Morgan fingerprint density at radius 1 is 1.00 bits per heavy atom. The highest BCUT2D eigenvalue weighted by atomic mass is 16.6. The van der Waals surface area contributed by atoms with Crippen LogP contribution in [0.1, 0.15) is 28.2 Å². The van der Waals surface area contributed by atoms with Gasteiger partial charge in [0.2, 0.25) is 11.6 Å². The Morgan fingerprint density at radius 2 is 1.71 bits per heavy atom. The van der Waals surface area contributed by atoms with Crippen LogP contribution in [-0.4, -0.2) is 33.9 Å². The van der Waals surface area contributed by atoms with Gasteiger partial charge in [0.25, 0.3) is 0 Å². The van der Waals surface area contributed by atoms with Gasteiger partial charge in [-0.25, -0.2) is 4.79 Å². The van der Waals surface area contributed by atoms with E-state index in [2.05, 4.69) is 6.07 Å². The standard InChI is InChI=1S/C29H28N2O7/c1-16-7-6-8-22(17(16)2)36-15-26(32)37-19-9-10-20-23(13-19)38-29(31)21(14-30)27(20)18-11-24(33-3)28(35-5)25(12-18)34-4/h6-13,27H,15,31H2,1-5H3. The lowest BCUT2D eigenvalue weighted by molar-refractivity contribution is -0.136. The highest BCUT2D eigenvalue weighted by molar-refractivity contribution is 5.74. The maximum atomic E-state index is 12.5. The van der Waals surface area contributed by atoms with E-state index in [1.807, 2.05) is 26.0 Å². The molecule has 0 amide bonds. The number of allylic oxidation sites excluding steroid dienone is 1. The first-order chi connectivity index (χ1) is 18.3. The van der Waals surface area contributed by atoms with Crippen LogP contribution in [0.15, 0.2) is 60.0 Å². The van der Waals surface area contributed by atoms with Gasteiger partial charge >= 0.3 is 5.97 Å². The number of aryl methyl sites for hydroxylation is 1. The first-order valence-corrected chi connectivity index (χ1v) is 11.7. The summed E-state index contributed by atoms with van der Waals surface area (Å²) in [6.45, 7) is 3.63. The molecule has 1 unspecified atom stereocenters. The Morgan fingerprint density at radius 3 is 2.34 bits per heavy atom. The Kier molecular flexibility index (Phi) is 7.63. The first-order valence-electron chi connectivity index (χ1n) is 11.7. The lowest BCUT2D eigenvalue weighted by Gasteiger charge is -2.27. The molecule has 4 rings (SSSR count). The molecule has 2 N–H and O–H groups in total. The third-order valence-electron chi connectivity index (χ3n) is 6.34. The molecule has 1 atom stereocenters. The zero-order chi connectivity index (χ0) is 27.4. The highest BCUT2D eigenvalue weighted by Gasteiger charge is 2.32. The van der Waals surface area contributed by atoms with Gasteiger partial charge < -0.3 is 34.2 Å². The van der Waals surface area contributed by atoms with E-state index in [-0.39, 0.29) is 23.8 Å². The molecule has 0 spiro atoms. The van der Waals surface area contributed by atoms with Crippen LogP contribution < -0.4 is 34.2 Å². The van der Waals surface area contributed by atoms with E-state index in [0.717, 1.165) is 11.1 Å². The van der Waals surface area contributed by atoms with Crippen LogP contribution in [0.3, 0.4) is 0 Å². The van der Waals surface area contributed by atoms with Gasteiger partial charge in [0.1, 0.15) is 28.9 Å². The first kappa shape index (κ1) is 26.2. The Labute approximate surface area is 220 Å². The molecule has 0 saturated carbocycles. The van der Waals surface area contributed by atoms with E-state index < -0.39 is 11.9 Å². The SMILES string of the molecule is COc1cc(C2C(C#N)=C(N)Oc3cc(OC(=O)COc4cccc(C)c4C)ccc32)cc(OC)c1OC. The fraction of sp³-hybridized carbons (Fsp3) is 0.241. The third-order valence-corrected chi connectivity index (χ3v) is 6.34. The van der Waals surface area contributed by atoms with Gasteiger partial charge in [-0.15, -0.1) is 0 Å². The van der Waals surface area contributed by atoms with Crippen LogP contribution in [0, 0.1) is 25.2 Å². The molecule has 3 aromatic carbocycles. The van der Waals surface area contributed by atoms with Crippen molar-refractivity contribution in [2.24, 2.45) is 5.73 Å². The maximum Gasteiger partial charge on any atom is 0.349 e. The van der Waals surface area contributed by atoms with Gasteiger partial charge in [-0.3, -0.25) is 0 Å². The molecule has 1 aliphatic rings. The molecule has 0 aromatic heterocycles. The number of nitriles is 1. The van der Waals surface area contributed by atoms with Crippen LogP contribution in [0.5, 0.6) is 34.5 Å². The number of ether oxygens (including phenoxy) is 6. The average Bonchev–Trinajstić information content (AvgIpc) is 2.92. The topological polar surface area (TPSA) is 122 Å². The number of carbonyl (C=O) groups excluding carboxylic acids is 1. The number of benzene rings is 3. The van der Waals surface area contributed by atoms with Gasteiger partial charge in [-0.05, 0) is 54.8 Å². The molecule has 3 aromatic rings. The van der Waals surface area contributed by atoms with Crippen molar-refractivity contribution in [2.75, 3.05) is 27.9 Å². The van der Waals surface area contributed by atoms with Crippen LogP contribution in [0.25, 0.3) is 0 Å². The van der Waals surface area contributed by atoms with E-state index in [1.165, 1.54) is 21.3 Å². The summed E-state index contributed by atoms with van der Waals surface area (Å²) in [5.41, 5.74) is 9.70. The molecule has 196 valence electrons. The number of carbonyl (C=O) groups is 1. The van der Waals surface area contributed by atoms with E-state index in [1.54, 1.807) is 36.4 Å². The quantitative estimate of drug-likeness (QED) is 0.340. The van der Waals surface area contributed by atoms with Gasteiger partial charge in [0.05, 0.1) is 27.2 Å². The van der Waals surface area contributed by atoms with E-state index in [9.17, 15) is 10.1 Å². The minimum atomic E-state index is -0.588. The summed E-state index contributed by atoms with van der Waals surface area (Å²) in [6, 6.07) is 16.2. The smallest absolute Gasteiger partial charge is 0.349 e. The number of hydrogen-bond donors (Lipinski definition) is 1. The molecule has 0 bridgehead atoms. The number of methoxy groups -OCH3 is 3. The zero-order valence-electron chi connectivity index (χ0n) is 21.8. The van der Waals surface area contributed by atoms with E-state index in [4.69, 9.17) is 34.2 Å². The van der Waals surface area contributed by atoms with Gasteiger partial charge in [0.15, 0.2) is 18.1 Å². The Bertz CT molecular complexity index is 1430. The summed E-state index contributed by atoms with van der Waals surface area (Å²) in [5, 5.41) is 9.90. The number of rotatable bonds is 8. The van der Waals surface area contributed by atoms with E-state index >= 15 is 0 Å². The lowest BCUT2D eigenvalue weighted by Crippen LogP contribution is -2.22. The van der Waals surface area contributed by atoms with Crippen molar-refractivity contribution in [1.82, 2.24) is 0 Å². The molecule has 1 aliphatic heterocycles. The number of nitrogens with zero attached hydrogens (tertiary/aromatic N) is 1. The molecule has 0 aliphatic carbocycles. The molecular weight excluding hydrogens is 488 g/mol. The van der Waals surface area contributed by atoms with Gasteiger partial charge in [0, 0.05) is 11.6 Å². The number of fused-ring (bicyclic) bond motifs is 1. The van der Waals surface area contributed by atoms with Crippen molar-refractivity contribution in [2.45, 2.75) is 19.8 Å². The second kappa shape index (κ2) is 11.0. The molecule has 0 fully saturated rings. The number of nitrogens with two attached hydrogens (primary N) is 1.